The maximum atomic E-state index is 12.3. The molecular weight excluding hydrogens is 332 g/mol. The maximum absolute atomic E-state index is 12.3. The van der Waals surface area contributed by atoms with Gasteiger partial charge in [0.05, 0.1) is 11.3 Å². The molecule has 2 aromatic rings. The number of amides is 2. The first-order chi connectivity index (χ1) is 12.2. The summed E-state index contributed by atoms with van der Waals surface area (Å²) in [6, 6.07) is 7.11. The van der Waals surface area contributed by atoms with Gasteiger partial charge in [0, 0.05) is 30.9 Å². The summed E-state index contributed by atoms with van der Waals surface area (Å²) in [4.78, 5) is 36.2. The van der Waals surface area contributed by atoms with E-state index >= 15 is 0 Å². The highest BCUT2D eigenvalue weighted by molar-refractivity contribution is 6.43. The lowest BCUT2D eigenvalue weighted by atomic mass is 10.1. The van der Waals surface area contributed by atoms with Gasteiger partial charge in [-0.05, 0) is 31.5 Å². The lowest BCUT2D eigenvalue weighted by molar-refractivity contribution is -0.119. The van der Waals surface area contributed by atoms with Crippen LogP contribution in [-0.4, -0.2) is 27.4 Å². The molecule has 0 spiro atoms. The van der Waals surface area contributed by atoms with Crippen molar-refractivity contribution < 1.29 is 14.4 Å². The van der Waals surface area contributed by atoms with Crippen LogP contribution in [0.1, 0.15) is 41.2 Å². The van der Waals surface area contributed by atoms with Crippen molar-refractivity contribution in [3.63, 3.8) is 0 Å². The van der Waals surface area contributed by atoms with Crippen LogP contribution in [0, 0.1) is 19.8 Å². The standard InChI is InChI=1S/C19H24N4O3/c1-11(2)18(25)21-15-8-6-14(7-9-15)10-20-19(26)17(24)16-12(3)22-23(5)13(16)4/h6-9,11H,10H2,1-5H3,(H,20,26)(H,21,25). The molecule has 2 amide bonds. The number of benzene rings is 1. The number of aryl methyl sites for hydroxylation is 2. The molecule has 0 aliphatic heterocycles. The van der Waals surface area contributed by atoms with E-state index in [4.69, 9.17) is 0 Å². The van der Waals surface area contributed by atoms with E-state index in [-0.39, 0.29) is 18.4 Å². The second-order valence-corrected chi connectivity index (χ2v) is 6.52. The van der Waals surface area contributed by atoms with Crippen LogP contribution in [-0.2, 0) is 23.2 Å². The normalized spacial score (nSPS) is 10.7. The zero-order valence-electron chi connectivity index (χ0n) is 15.7. The summed E-state index contributed by atoms with van der Waals surface area (Å²) in [5.74, 6) is -1.41. The van der Waals surface area contributed by atoms with Gasteiger partial charge in [-0.15, -0.1) is 0 Å². The third-order valence-electron chi connectivity index (χ3n) is 4.14. The highest BCUT2D eigenvalue weighted by atomic mass is 16.2. The van der Waals surface area contributed by atoms with Gasteiger partial charge in [0.15, 0.2) is 0 Å². The molecule has 0 aliphatic carbocycles. The largest absolute Gasteiger partial charge is 0.345 e. The van der Waals surface area contributed by atoms with E-state index < -0.39 is 11.7 Å². The maximum Gasteiger partial charge on any atom is 0.292 e. The van der Waals surface area contributed by atoms with Gasteiger partial charge in [-0.1, -0.05) is 26.0 Å². The van der Waals surface area contributed by atoms with Gasteiger partial charge in [-0.3, -0.25) is 19.1 Å². The average molecular weight is 356 g/mol. The quantitative estimate of drug-likeness (QED) is 0.612. The van der Waals surface area contributed by atoms with Crippen molar-refractivity contribution in [1.82, 2.24) is 15.1 Å². The minimum atomic E-state index is -0.665. The molecule has 2 N–H and O–H groups in total. The Bertz CT molecular complexity index is 835. The number of nitrogens with zero attached hydrogens (tertiary/aromatic N) is 2. The van der Waals surface area contributed by atoms with Crippen molar-refractivity contribution in [2.24, 2.45) is 13.0 Å². The summed E-state index contributed by atoms with van der Waals surface area (Å²) < 4.78 is 1.58. The van der Waals surface area contributed by atoms with Crippen LogP contribution >= 0.6 is 0 Å². The number of hydrogen-bond donors (Lipinski definition) is 2. The first-order valence-corrected chi connectivity index (χ1v) is 8.43. The molecule has 1 aromatic carbocycles. The number of aromatic nitrogens is 2. The SMILES string of the molecule is Cc1nn(C)c(C)c1C(=O)C(=O)NCc1ccc(NC(=O)C(C)C)cc1. The van der Waals surface area contributed by atoms with E-state index in [9.17, 15) is 14.4 Å². The molecule has 7 nitrogen and oxygen atoms in total. The van der Waals surface area contributed by atoms with Crippen LogP contribution in [0.2, 0.25) is 0 Å². The van der Waals surface area contributed by atoms with E-state index in [0.29, 0.717) is 22.6 Å². The molecule has 0 saturated carbocycles. The van der Waals surface area contributed by atoms with Crippen molar-refractivity contribution in [3.8, 4) is 0 Å². The molecular formula is C19H24N4O3. The molecule has 0 fully saturated rings. The number of nitrogens with one attached hydrogen (secondary N) is 2. The van der Waals surface area contributed by atoms with E-state index in [1.54, 1.807) is 49.8 Å². The lowest BCUT2D eigenvalue weighted by Crippen LogP contribution is -2.31. The van der Waals surface area contributed by atoms with Crippen molar-refractivity contribution >= 4 is 23.3 Å². The van der Waals surface area contributed by atoms with Crippen LogP contribution in [0.5, 0.6) is 0 Å². The lowest BCUT2D eigenvalue weighted by Gasteiger charge is -2.09. The summed E-state index contributed by atoms with van der Waals surface area (Å²) >= 11 is 0. The molecule has 2 rings (SSSR count). The Labute approximate surface area is 152 Å². The number of anilines is 1. The Morgan fingerprint density at radius 2 is 1.73 bits per heavy atom. The van der Waals surface area contributed by atoms with E-state index in [0.717, 1.165) is 5.56 Å². The van der Waals surface area contributed by atoms with Crippen LogP contribution in [0.25, 0.3) is 0 Å². The van der Waals surface area contributed by atoms with Gasteiger partial charge in [-0.25, -0.2) is 0 Å². The summed E-state index contributed by atoms with van der Waals surface area (Å²) in [6.45, 7) is 7.33. The van der Waals surface area contributed by atoms with Crippen molar-refractivity contribution in [2.75, 3.05) is 5.32 Å². The minimum Gasteiger partial charge on any atom is -0.345 e. The molecule has 0 aliphatic rings. The van der Waals surface area contributed by atoms with Gasteiger partial charge in [0.25, 0.3) is 11.7 Å². The summed E-state index contributed by atoms with van der Waals surface area (Å²) in [5.41, 5.74) is 3.06. The molecule has 7 heteroatoms. The zero-order valence-corrected chi connectivity index (χ0v) is 15.7. The third-order valence-corrected chi connectivity index (χ3v) is 4.14. The molecule has 138 valence electrons. The fourth-order valence-corrected chi connectivity index (χ4v) is 2.47. The average Bonchev–Trinajstić information content (AvgIpc) is 2.85. The van der Waals surface area contributed by atoms with Crippen molar-refractivity contribution in [1.29, 1.82) is 0 Å². The highest BCUT2D eigenvalue weighted by Crippen LogP contribution is 2.13. The molecule has 0 unspecified atom stereocenters. The Hall–Kier alpha value is -2.96. The Kier molecular flexibility index (Phi) is 5.92. The molecule has 1 heterocycles. The molecule has 1 aromatic heterocycles. The van der Waals surface area contributed by atoms with Gasteiger partial charge in [-0.2, -0.15) is 5.10 Å². The number of rotatable bonds is 6. The monoisotopic (exact) mass is 356 g/mol. The molecule has 0 bridgehead atoms. The van der Waals surface area contributed by atoms with Crippen LogP contribution in [0.15, 0.2) is 24.3 Å². The first-order valence-electron chi connectivity index (χ1n) is 8.43. The highest BCUT2D eigenvalue weighted by Gasteiger charge is 2.23. The summed E-state index contributed by atoms with van der Waals surface area (Å²) in [7, 11) is 1.73. The van der Waals surface area contributed by atoms with Gasteiger partial charge < -0.3 is 10.6 Å². The minimum absolute atomic E-state index is 0.0566. The fraction of sp³-hybridized carbons (Fsp3) is 0.368. The second-order valence-electron chi connectivity index (χ2n) is 6.52. The fourth-order valence-electron chi connectivity index (χ4n) is 2.47. The molecule has 26 heavy (non-hydrogen) atoms. The topological polar surface area (TPSA) is 93.1 Å². The first kappa shape index (κ1) is 19.4. The predicted octanol–water partition coefficient (Wildman–Crippen LogP) is 2.13. The predicted molar refractivity (Wildman–Crippen MR) is 98.8 cm³/mol. The number of carbonyl (C=O) groups is 3. The summed E-state index contributed by atoms with van der Waals surface area (Å²) in [6.07, 6.45) is 0. The van der Waals surface area contributed by atoms with E-state index in [1.807, 2.05) is 13.8 Å². The number of Topliss-reactive ketones (excluding diaryl/α,β-unsaturated/α-hetero) is 1. The zero-order chi connectivity index (χ0) is 19.4. The van der Waals surface area contributed by atoms with Crippen molar-refractivity contribution in [2.45, 2.75) is 34.2 Å². The number of carbonyl (C=O) groups excluding carboxylic acids is 3. The third kappa shape index (κ3) is 4.36. The number of hydrogen-bond acceptors (Lipinski definition) is 4. The van der Waals surface area contributed by atoms with E-state index in [1.165, 1.54) is 0 Å². The van der Waals surface area contributed by atoms with Crippen LogP contribution in [0.3, 0.4) is 0 Å². The van der Waals surface area contributed by atoms with E-state index in [2.05, 4.69) is 15.7 Å². The molecule has 0 atom stereocenters. The van der Waals surface area contributed by atoms with Gasteiger partial charge in [0.1, 0.15) is 0 Å². The van der Waals surface area contributed by atoms with Crippen LogP contribution < -0.4 is 10.6 Å². The molecule has 0 radical (unpaired) electrons. The number of ketones is 1. The molecule has 0 saturated heterocycles. The van der Waals surface area contributed by atoms with Crippen LogP contribution in [0.4, 0.5) is 5.69 Å². The second kappa shape index (κ2) is 7.95. The van der Waals surface area contributed by atoms with Crippen molar-refractivity contribution in [3.05, 3.63) is 46.8 Å². The Balaban J connectivity index is 1.97. The van der Waals surface area contributed by atoms with Gasteiger partial charge in [0.2, 0.25) is 5.91 Å². The Morgan fingerprint density at radius 3 is 2.23 bits per heavy atom. The smallest absolute Gasteiger partial charge is 0.292 e. The van der Waals surface area contributed by atoms with Gasteiger partial charge >= 0.3 is 0 Å². The summed E-state index contributed by atoms with van der Waals surface area (Å²) in [5, 5.41) is 9.58. The Morgan fingerprint density at radius 1 is 1.12 bits per heavy atom.